The lowest BCUT2D eigenvalue weighted by Crippen LogP contribution is -2.28. The van der Waals surface area contributed by atoms with Crippen molar-refractivity contribution < 1.29 is 8.42 Å². The van der Waals surface area contributed by atoms with Gasteiger partial charge in [0.1, 0.15) is 0 Å². The van der Waals surface area contributed by atoms with E-state index in [9.17, 15) is 8.42 Å². The fraction of sp³-hybridized carbons (Fsp3) is 1.00. The predicted octanol–water partition coefficient (Wildman–Crippen LogP) is 2.06. The summed E-state index contributed by atoms with van der Waals surface area (Å²) in [4.78, 5) is 0. The van der Waals surface area contributed by atoms with Crippen LogP contribution < -0.4 is 5.32 Å². The van der Waals surface area contributed by atoms with Crippen molar-refractivity contribution in [1.82, 2.24) is 5.32 Å². The van der Waals surface area contributed by atoms with Crippen molar-refractivity contribution in [2.75, 3.05) is 30.5 Å². The van der Waals surface area contributed by atoms with Crippen LogP contribution in [0.5, 0.6) is 0 Å². The molecule has 0 aromatic carbocycles. The molecule has 5 heteroatoms. The first kappa shape index (κ1) is 16.2. The zero-order valence-electron chi connectivity index (χ0n) is 10.3. The highest BCUT2D eigenvalue weighted by molar-refractivity contribution is 7.91. The second-order valence-electron chi connectivity index (χ2n) is 4.11. The minimum absolute atomic E-state index is 0.248. The van der Waals surface area contributed by atoms with Crippen LogP contribution in [0.2, 0.25) is 0 Å². The molecule has 0 saturated carbocycles. The van der Waals surface area contributed by atoms with E-state index in [1.807, 2.05) is 6.92 Å². The summed E-state index contributed by atoms with van der Waals surface area (Å²) >= 11 is 5.68. The van der Waals surface area contributed by atoms with E-state index in [0.717, 1.165) is 19.4 Å². The molecule has 1 N–H and O–H groups in total. The Morgan fingerprint density at radius 3 is 2.44 bits per heavy atom. The van der Waals surface area contributed by atoms with Crippen LogP contribution in [0, 0.1) is 5.92 Å². The van der Waals surface area contributed by atoms with E-state index < -0.39 is 9.84 Å². The van der Waals surface area contributed by atoms with Crippen LogP contribution in [0.1, 0.15) is 33.1 Å². The molecule has 0 rings (SSSR count). The van der Waals surface area contributed by atoms with Gasteiger partial charge < -0.3 is 5.32 Å². The van der Waals surface area contributed by atoms with Gasteiger partial charge in [0.05, 0.1) is 5.75 Å². The lowest BCUT2D eigenvalue weighted by atomic mass is 10.0. The molecule has 1 atom stereocenters. The smallest absolute Gasteiger partial charge is 0.151 e. The number of alkyl halides is 1. The van der Waals surface area contributed by atoms with Crippen molar-refractivity contribution in [1.29, 1.82) is 0 Å². The van der Waals surface area contributed by atoms with Crippen molar-refractivity contribution in [3.8, 4) is 0 Å². The van der Waals surface area contributed by atoms with E-state index in [0.29, 0.717) is 30.5 Å². The molecule has 0 radical (unpaired) electrons. The van der Waals surface area contributed by atoms with Crippen LogP contribution in [-0.4, -0.2) is 38.9 Å². The van der Waals surface area contributed by atoms with Gasteiger partial charge in [-0.1, -0.05) is 20.3 Å². The first-order chi connectivity index (χ1) is 7.55. The number of sulfone groups is 1. The van der Waals surface area contributed by atoms with Gasteiger partial charge in [-0.05, 0) is 25.3 Å². The monoisotopic (exact) mass is 269 g/mol. The number of hydrogen-bond donors (Lipinski definition) is 1. The lowest BCUT2D eigenvalue weighted by Gasteiger charge is -2.14. The van der Waals surface area contributed by atoms with Crippen molar-refractivity contribution in [3.05, 3.63) is 0 Å². The maximum atomic E-state index is 11.4. The van der Waals surface area contributed by atoms with Crippen molar-refractivity contribution in [2.24, 2.45) is 5.92 Å². The Hall–Kier alpha value is 0.200. The Morgan fingerprint density at radius 2 is 1.94 bits per heavy atom. The van der Waals surface area contributed by atoms with E-state index in [4.69, 9.17) is 11.6 Å². The Balaban J connectivity index is 3.66. The Kier molecular flexibility index (Phi) is 9.37. The van der Waals surface area contributed by atoms with Crippen molar-refractivity contribution in [2.45, 2.75) is 33.1 Å². The van der Waals surface area contributed by atoms with E-state index in [2.05, 4.69) is 12.2 Å². The molecule has 0 amide bonds. The lowest BCUT2D eigenvalue weighted by molar-refractivity contribution is 0.458. The van der Waals surface area contributed by atoms with Gasteiger partial charge in [-0.15, -0.1) is 11.6 Å². The molecule has 3 nitrogen and oxygen atoms in total. The van der Waals surface area contributed by atoms with E-state index in [1.165, 1.54) is 0 Å². The maximum Gasteiger partial charge on any atom is 0.151 e. The van der Waals surface area contributed by atoms with Crippen LogP contribution >= 0.6 is 11.6 Å². The van der Waals surface area contributed by atoms with Gasteiger partial charge in [0.25, 0.3) is 0 Å². The van der Waals surface area contributed by atoms with Crippen LogP contribution in [0.3, 0.4) is 0 Å². The molecule has 1 unspecified atom stereocenters. The fourth-order valence-corrected chi connectivity index (χ4v) is 3.14. The second kappa shape index (κ2) is 9.25. The number of nitrogens with one attached hydrogen (secondary N) is 1. The minimum Gasteiger partial charge on any atom is -0.315 e. The molecular formula is C11H24ClNO2S. The highest BCUT2D eigenvalue weighted by Crippen LogP contribution is 2.07. The average Bonchev–Trinajstić information content (AvgIpc) is 2.22. The van der Waals surface area contributed by atoms with Crippen molar-refractivity contribution >= 4 is 21.4 Å². The van der Waals surface area contributed by atoms with E-state index in [1.54, 1.807) is 0 Å². The summed E-state index contributed by atoms with van der Waals surface area (Å²) in [5, 5.41) is 3.20. The molecule has 98 valence electrons. The molecule has 0 bridgehead atoms. The maximum absolute atomic E-state index is 11.4. The summed E-state index contributed by atoms with van der Waals surface area (Å²) in [7, 11) is -2.84. The molecule has 0 aliphatic carbocycles. The van der Waals surface area contributed by atoms with Gasteiger partial charge in [-0.2, -0.15) is 0 Å². The van der Waals surface area contributed by atoms with Gasteiger partial charge in [-0.25, -0.2) is 8.42 Å². The van der Waals surface area contributed by atoms with Crippen LogP contribution in [-0.2, 0) is 9.84 Å². The Labute approximate surface area is 105 Å². The summed E-state index contributed by atoms with van der Waals surface area (Å²) in [5.41, 5.74) is 0. The van der Waals surface area contributed by atoms with Gasteiger partial charge in [0, 0.05) is 18.2 Å². The predicted molar refractivity (Wildman–Crippen MR) is 70.9 cm³/mol. The number of rotatable bonds is 10. The van der Waals surface area contributed by atoms with Gasteiger partial charge in [0.15, 0.2) is 9.84 Å². The Bertz CT molecular complexity index is 255. The zero-order valence-corrected chi connectivity index (χ0v) is 11.9. The number of halogens is 1. The summed E-state index contributed by atoms with van der Waals surface area (Å²) in [6.45, 7) is 5.44. The molecule has 0 saturated heterocycles. The molecule has 0 aromatic rings. The SMILES string of the molecule is CCCS(=O)(=O)CCNCC(CC)CCCl. The van der Waals surface area contributed by atoms with Gasteiger partial charge in [-0.3, -0.25) is 0 Å². The minimum atomic E-state index is -2.84. The third-order valence-electron chi connectivity index (χ3n) is 2.63. The summed E-state index contributed by atoms with van der Waals surface area (Å²) < 4.78 is 22.8. The fourth-order valence-electron chi connectivity index (χ4n) is 1.55. The van der Waals surface area contributed by atoms with Gasteiger partial charge >= 0.3 is 0 Å². The van der Waals surface area contributed by atoms with Gasteiger partial charge in [0.2, 0.25) is 0 Å². The summed E-state index contributed by atoms with van der Waals surface area (Å²) in [5.74, 6) is 1.78. The van der Waals surface area contributed by atoms with Crippen LogP contribution in [0.25, 0.3) is 0 Å². The first-order valence-corrected chi connectivity index (χ1v) is 8.38. The molecule has 0 aliphatic rings. The average molecular weight is 270 g/mol. The second-order valence-corrected chi connectivity index (χ2v) is 6.79. The third kappa shape index (κ3) is 8.36. The summed E-state index contributed by atoms with van der Waals surface area (Å²) in [6, 6.07) is 0. The first-order valence-electron chi connectivity index (χ1n) is 6.02. The number of hydrogen-bond acceptors (Lipinski definition) is 3. The topological polar surface area (TPSA) is 46.2 Å². The molecule has 0 fully saturated rings. The summed E-state index contributed by atoms with van der Waals surface area (Å²) in [6.07, 6.45) is 2.78. The largest absolute Gasteiger partial charge is 0.315 e. The zero-order chi connectivity index (χ0) is 12.4. The molecule has 16 heavy (non-hydrogen) atoms. The highest BCUT2D eigenvalue weighted by Gasteiger charge is 2.09. The normalized spacial score (nSPS) is 13.9. The molecular weight excluding hydrogens is 246 g/mol. The molecule has 0 spiro atoms. The third-order valence-corrected chi connectivity index (χ3v) is 4.71. The standard InChI is InChI=1S/C11H24ClNO2S/c1-3-8-16(14,15)9-7-13-10-11(4-2)5-6-12/h11,13H,3-10H2,1-2H3. The highest BCUT2D eigenvalue weighted by atomic mass is 35.5. The van der Waals surface area contributed by atoms with Crippen LogP contribution in [0.4, 0.5) is 0 Å². The van der Waals surface area contributed by atoms with Crippen molar-refractivity contribution in [3.63, 3.8) is 0 Å². The van der Waals surface area contributed by atoms with E-state index >= 15 is 0 Å². The molecule has 0 aliphatic heterocycles. The quantitative estimate of drug-likeness (QED) is 0.488. The molecule has 0 aromatic heterocycles. The molecule has 0 heterocycles. The van der Waals surface area contributed by atoms with Crippen LogP contribution in [0.15, 0.2) is 0 Å². The van der Waals surface area contributed by atoms with E-state index in [-0.39, 0.29) is 5.75 Å². The Morgan fingerprint density at radius 1 is 1.25 bits per heavy atom.